The van der Waals surface area contributed by atoms with Gasteiger partial charge in [-0.3, -0.25) is 4.79 Å². The predicted octanol–water partition coefficient (Wildman–Crippen LogP) is 4.13. The van der Waals surface area contributed by atoms with Crippen LogP contribution in [0, 0.1) is 6.92 Å². The molecule has 0 radical (unpaired) electrons. The van der Waals surface area contributed by atoms with Crippen LogP contribution >= 0.6 is 0 Å². The summed E-state index contributed by atoms with van der Waals surface area (Å²) in [7, 11) is -3.70. The van der Waals surface area contributed by atoms with Crippen molar-refractivity contribution in [3.05, 3.63) is 65.7 Å². The molecule has 2 aromatic carbocycles. The second-order valence-corrected chi connectivity index (χ2v) is 9.06. The summed E-state index contributed by atoms with van der Waals surface area (Å²) in [6, 6.07) is 16.0. The molecule has 0 bridgehead atoms. The second-order valence-electron chi connectivity index (χ2n) is 7.35. The van der Waals surface area contributed by atoms with E-state index in [-0.39, 0.29) is 10.7 Å². The third kappa shape index (κ3) is 3.85. The number of rotatable bonds is 6. The van der Waals surface area contributed by atoms with Crippen LogP contribution in [0.4, 0.5) is 0 Å². The number of hydrogen-bond acceptors (Lipinski definition) is 3. The van der Waals surface area contributed by atoms with E-state index in [4.69, 9.17) is 0 Å². The average Bonchev–Trinajstić information content (AvgIpc) is 2.68. The molecule has 1 saturated carbocycles. The highest BCUT2D eigenvalue weighted by Gasteiger charge is 2.48. The van der Waals surface area contributed by atoms with Gasteiger partial charge in [0.2, 0.25) is 10.0 Å². The van der Waals surface area contributed by atoms with Gasteiger partial charge in [-0.2, -0.15) is 0 Å². The Labute approximate surface area is 162 Å². The van der Waals surface area contributed by atoms with Crippen LogP contribution in [0.15, 0.2) is 59.5 Å². The van der Waals surface area contributed by atoms with Crippen molar-refractivity contribution >= 4 is 15.8 Å². The van der Waals surface area contributed by atoms with Crippen molar-refractivity contribution in [3.63, 3.8) is 0 Å². The van der Waals surface area contributed by atoms with Gasteiger partial charge in [-0.15, -0.1) is 0 Å². The van der Waals surface area contributed by atoms with Crippen molar-refractivity contribution in [1.29, 1.82) is 0 Å². The molecule has 0 unspecified atom stereocenters. The number of carbonyl (C=O) groups excluding carboxylic acids is 1. The summed E-state index contributed by atoms with van der Waals surface area (Å²) in [5.41, 5.74) is 1.12. The molecule has 1 aliphatic carbocycles. The Bertz CT molecular complexity index is 891. The van der Waals surface area contributed by atoms with Gasteiger partial charge in [-0.05, 0) is 37.5 Å². The summed E-state index contributed by atoms with van der Waals surface area (Å²) in [4.78, 5) is 13.4. The molecule has 1 aliphatic rings. The maximum Gasteiger partial charge on any atom is 0.240 e. The number of Topliss-reactive ketones (excluding diaryl/α,β-unsaturated/α-hetero) is 1. The highest BCUT2D eigenvalue weighted by Crippen LogP contribution is 2.42. The van der Waals surface area contributed by atoms with Crippen LogP contribution in [0.25, 0.3) is 0 Å². The van der Waals surface area contributed by atoms with E-state index in [1.807, 2.05) is 44.2 Å². The van der Waals surface area contributed by atoms with Crippen molar-refractivity contribution in [3.8, 4) is 0 Å². The molecule has 0 heterocycles. The topological polar surface area (TPSA) is 63.2 Å². The maximum absolute atomic E-state index is 13.1. The van der Waals surface area contributed by atoms with E-state index in [9.17, 15) is 13.2 Å². The molecule has 2 aromatic rings. The highest BCUT2D eigenvalue weighted by molar-refractivity contribution is 7.89. The minimum atomic E-state index is -3.70. The number of carbonyl (C=O) groups is 1. The Morgan fingerprint density at radius 2 is 1.74 bits per heavy atom. The predicted molar refractivity (Wildman–Crippen MR) is 107 cm³/mol. The van der Waals surface area contributed by atoms with Crippen LogP contribution in [-0.4, -0.2) is 20.2 Å². The molecule has 4 nitrogen and oxygen atoms in total. The van der Waals surface area contributed by atoms with Gasteiger partial charge in [0.1, 0.15) is 5.78 Å². The van der Waals surface area contributed by atoms with Crippen LogP contribution < -0.4 is 4.72 Å². The van der Waals surface area contributed by atoms with E-state index in [1.165, 1.54) is 0 Å². The Balaban J connectivity index is 2.03. The molecule has 144 valence electrons. The van der Waals surface area contributed by atoms with Gasteiger partial charge >= 0.3 is 0 Å². The van der Waals surface area contributed by atoms with E-state index in [1.54, 1.807) is 24.3 Å². The van der Waals surface area contributed by atoms with Crippen LogP contribution in [0.5, 0.6) is 0 Å². The molecule has 1 N–H and O–H groups in total. The Morgan fingerprint density at radius 3 is 2.37 bits per heavy atom. The smallest absolute Gasteiger partial charge is 0.240 e. The normalized spacial score (nSPS) is 23.1. The first-order valence-electron chi connectivity index (χ1n) is 9.58. The summed E-state index contributed by atoms with van der Waals surface area (Å²) in [6.07, 6.45) is 3.55. The van der Waals surface area contributed by atoms with E-state index < -0.39 is 21.5 Å². The van der Waals surface area contributed by atoms with Crippen molar-refractivity contribution < 1.29 is 13.2 Å². The van der Waals surface area contributed by atoms with Gasteiger partial charge in [0, 0.05) is 12.5 Å². The molecule has 1 fully saturated rings. The SMILES string of the molecule is CCC(=O)[C@]1(c2ccccc2)CCCC[C@@H]1NS(=O)(=O)c1ccc(C)cc1. The van der Waals surface area contributed by atoms with E-state index in [2.05, 4.69) is 4.72 Å². The lowest BCUT2D eigenvalue weighted by atomic mass is 9.63. The lowest BCUT2D eigenvalue weighted by molar-refractivity contribution is -0.126. The Hall–Kier alpha value is -1.98. The second kappa shape index (κ2) is 7.95. The van der Waals surface area contributed by atoms with Crippen molar-refractivity contribution in [2.45, 2.75) is 62.3 Å². The summed E-state index contributed by atoms with van der Waals surface area (Å²) < 4.78 is 28.9. The number of aryl methyl sites for hydroxylation is 1. The number of benzene rings is 2. The van der Waals surface area contributed by atoms with Gasteiger partial charge in [-0.1, -0.05) is 67.8 Å². The lowest BCUT2D eigenvalue weighted by Gasteiger charge is -2.43. The third-order valence-electron chi connectivity index (χ3n) is 5.65. The van der Waals surface area contributed by atoms with Gasteiger partial charge in [0.25, 0.3) is 0 Å². The number of ketones is 1. The van der Waals surface area contributed by atoms with Crippen molar-refractivity contribution in [2.75, 3.05) is 0 Å². The van der Waals surface area contributed by atoms with E-state index in [0.717, 1.165) is 24.0 Å². The minimum Gasteiger partial charge on any atom is -0.299 e. The zero-order chi connectivity index (χ0) is 19.5. The molecular weight excluding hydrogens is 358 g/mol. The molecule has 27 heavy (non-hydrogen) atoms. The summed E-state index contributed by atoms with van der Waals surface area (Å²) in [5.74, 6) is 0.102. The van der Waals surface area contributed by atoms with Crippen LogP contribution in [-0.2, 0) is 20.2 Å². The van der Waals surface area contributed by atoms with Crippen LogP contribution in [0.2, 0.25) is 0 Å². The summed E-state index contributed by atoms with van der Waals surface area (Å²) >= 11 is 0. The largest absolute Gasteiger partial charge is 0.299 e. The molecular formula is C22H27NO3S. The molecule has 3 rings (SSSR count). The number of sulfonamides is 1. The average molecular weight is 386 g/mol. The van der Waals surface area contributed by atoms with Gasteiger partial charge in [-0.25, -0.2) is 13.1 Å². The molecule has 0 saturated heterocycles. The fraction of sp³-hybridized carbons (Fsp3) is 0.409. The molecule has 5 heteroatoms. The lowest BCUT2D eigenvalue weighted by Crippen LogP contribution is -2.56. The monoisotopic (exact) mass is 385 g/mol. The van der Waals surface area contributed by atoms with Gasteiger partial charge in [0.15, 0.2) is 0 Å². The standard InChI is InChI=1S/C22H27NO3S/c1-3-21(24)22(18-9-5-4-6-10-18)16-8-7-11-20(22)23-27(25,26)19-14-12-17(2)13-15-19/h4-6,9-10,12-15,20,23H,3,7-8,11,16H2,1-2H3/t20-,22-/m0/s1. The summed E-state index contributed by atoms with van der Waals surface area (Å²) in [5, 5.41) is 0. The maximum atomic E-state index is 13.1. The zero-order valence-electron chi connectivity index (χ0n) is 15.9. The number of nitrogens with one attached hydrogen (secondary N) is 1. The van der Waals surface area contributed by atoms with Crippen LogP contribution in [0.1, 0.15) is 50.2 Å². The van der Waals surface area contributed by atoms with Crippen molar-refractivity contribution in [1.82, 2.24) is 4.72 Å². The molecule has 0 amide bonds. The molecule has 0 aliphatic heterocycles. The first-order chi connectivity index (χ1) is 12.9. The van der Waals surface area contributed by atoms with E-state index >= 15 is 0 Å². The van der Waals surface area contributed by atoms with E-state index in [0.29, 0.717) is 19.3 Å². The third-order valence-corrected chi connectivity index (χ3v) is 7.13. The van der Waals surface area contributed by atoms with Gasteiger partial charge < -0.3 is 0 Å². The molecule has 0 spiro atoms. The van der Waals surface area contributed by atoms with Crippen LogP contribution in [0.3, 0.4) is 0 Å². The first-order valence-corrected chi connectivity index (χ1v) is 11.1. The quantitative estimate of drug-likeness (QED) is 0.813. The molecule has 2 atom stereocenters. The Kier molecular flexibility index (Phi) is 5.82. The number of hydrogen-bond donors (Lipinski definition) is 1. The fourth-order valence-corrected chi connectivity index (χ4v) is 5.52. The minimum absolute atomic E-state index is 0.102. The Morgan fingerprint density at radius 1 is 1.07 bits per heavy atom. The highest BCUT2D eigenvalue weighted by atomic mass is 32.2. The first kappa shape index (κ1) is 19.8. The van der Waals surface area contributed by atoms with Gasteiger partial charge in [0.05, 0.1) is 10.3 Å². The zero-order valence-corrected chi connectivity index (χ0v) is 16.8. The fourth-order valence-electron chi connectivity index (χ4n) is 4.20. The van der Waals surface area contributed by atoms with Crippen molar-refractivity contribution in [2.24, 2.45) is 0 Å². The summed E-state index contributed by atoms with van der Waals surface area (Å²) in [6.45, 7) is 3.78. The molecule has 0 aromatic heterocycles.